The van der Waals surface area contributed by atoms with Gasteiger partial charge in [-0.3, -0.25) is 4.79 Å². The number of hydrogen-bond acceptors (Lipinski definition) is 5. The summed E-state index contributed by atoms with van der Waals surface area (Å²) in [5.41, 5.74) is 0.777. The number of ether oxygens (including phenoxy) is 3. The number of nitrogens with one attached hydrogen (secondary N) is 1. The first-order valence-corrected chi connectivity index (χ1v) is 9.17. The Bertz CT molecular complexity index is 848. The predicted molar refractivity (Wildman–Crippen MR) is 111 cm³/mol. The molecule has 0 saturated heterocycles. The Morgan fingerprint density at radius 1 is 1.00 bits per heavy atom. The van der Waals surface area contributed by atoms with Crippen molar-refractivity contribution in [2.75, 3.05) is 13.2 Å². The zero-order valence-corrected chi connectivity index (χ0v) is 16.4. The van der Waals surface area contributed by atoms with Crippen LogP contribution in [0.15, 0.2) is 73.8 Å². The molecule has 6 heteroatoms. The van der Waals surface area contributed by atoms with Crippen LogP contribution in [0.5, 0.6) is 17.2 Å². The van der Waals surface area contributed by atoms with Crippen molar-refractivity contribution in [3.05, 3.63) is 79.4 Å². The maximum Gasteiger partial charge on any atom is 0.334 e. The van der Waals surface area contributed by atoms with Gasteiger partial charge in [0, 0.05) is 13.3 Å². The third kappa shape index (κ3) is 7.18. The quantitative estimate of drug-likeness (QED) is 0.358. The van der Waals surface area contributed by atoms with Gasteiger partial charge in [-0.2, -0.15) is 0 Å². The van der Waals surface area contributed by atoms with Gasteiger partial charge in [0.05, 0.1) is 0 Å². The van der Waals surface area contributed by atoms with E-state index >= 15 is 0 Å². The molecule has 0 radical (unpaired) electrons. The lowest BCUT2D eigenvalue weighted by Crippen LogP contribution is -2.43. The molecule has 0 aliphatic heterocycles. The second kappa shape index (κ2) is 11.3. The summed E-state index contributed by atoms with van der Waals surface area (Å²) in [6.45, 7) is 9.27. The van der Waals surface area contributed by atoms with E-state index in [0.29, 0.717) is 30.5 Å². The summed E-state index contributed by atoms with van der Waals surface area (Å²) in [6, 6.07) is 13.2. The minimum atomic E-state index is -0.847. The van der Waals surface area contributed by atoms with Gasteiger partial charge in [-0.1, -0.05) is 49.6 Å². The number of hydrogen-bond donors (Lipinski definition) is 1. The molecule has 2 rings (SSSR count). The molecule has 1 N–H and O–H groups in total. The molecule has 0 fully saturated rings. The monoisotopic (exact) mass is 395 g/mol. The SMILES string of the molecule is C=CCOc1ccc(CC(NC(C)=O)C(=O)Oc2ccccc2)cc1OCC=C. The second-order valence-electron chi connectivity index (χ2n) is 6.17. The van der Waals surface area contributed by atoms with Crippen molar-refractivity contribution < 1.29 is 23.8 Å². The average molecular weight is 395 g/mol. The molecular weight excluding hydrogens is 370 g/mol. The van der Waals surface area contributed by atoms with E-state index < -0.39 is 12.0 Å². The number of amides is 1. The fourth-order valence-electron chi connectivity index (χ4n) is 2.56. The molecule has 1 amide bonds. The standard InChI is InChI=1S/C23H25NO5/c1-4-13-27-21-12-11-18(16-22(21)28-14-5-2)15-20(24-17(3)25)23(26)29-19-9-7-6-8-10-19/h4-12,16,20H,1-2,13-15H2,3H3,(H,24,25). The van der Waals surface area contributed by atoms with Gasteiger partial charge in [0.15, 0.2) is 11.5 Å². The van der Waals surface area contributed by atoms with Gasteiger partial charge in [0.1, 0.15) is 25.0 Å². The molecule has 2 aromatic carbocycles. The first-order valence-electron chi connectivity index (χ1n) is 9.17. The summed E-state index contributed by atoms with van der Waals surface area (Å²) in [5.74, 6) is 0.609. The van der Waals surface area contributed by atoms with E-state index in [4.69, 9.17) is 14.2 Å². The van der Waals surface area contributed by atoms with Crippen molar-refractivity contribution in [1.82, 2.24) is 5.32 Å². The maximum atomic E-state index is 12.6. The predicted octanol–water partition coefficient (Wildman–Crippen LogP) is 3.47. The van der Waals surface area contributed by atoms with Crippen molar-refractivity contribution >= 4 is 11.9 Å². The molecule has 6 nitrogen and oxygen atoms in total. The number of para-hydroxylation sites is 1. The van der Waals surface area contributed by atoms with Crippen LogP contribution in [0.25, 0.3) is 0 Å². The molecule has 0 heterocycles. The van der Waals surface area contributed by atoms with E-state index in [9.17, 15) is 9.59 Å². The molecule has 0 aliphatic rings. The minimum Gasteiger partial charge on any atom is -0.486 e. The number of carbonyl (C=O) groups excluding carboxylic acids is 2. The molecule has 1 atom stereocenters. The van der Waals surface area contributed by atoms with Crippen molar-refractivity contribution in [1.29, 1.82) is 0 Å². The van der Waals surface area contributed by atoms with Crippen molar-refractivity contribution in [3.8, 4) is 17.2 Å². The lowest BCUT2D eigenvalue weighted by Gasteiger charge is -2.18. The molecule has 2 aromatic rings. The van der Waals surface area contributed by atoms with Gasteiger partial charge >= 0.3 is 5.97 Å². The number of carbonyl (C=O) groups is 2. The summed E-state index contributed by atoms with van der Waals surface area (Å²) >= 11 is 0. The molecule has 0 aliphatic carbocycles. The van der Waals surface area contributed by atoms with Crippen molar-refractivity contribution in [3.63, 3.8) is 0 Å². The number of benzene rings is 2. The molecule has 1 unspecified atom stereocenters. The highest BCUT2D eigenvalue weighted by Gasteiger charge is 2.23. The van der Waals surface area contributed by atoms with Gasteiger partial charge in [-0.05, 0) is 29.8 Å². The molecular formula is C23H25NO5. The fourth-order valence-corrected chi connectivity index (χ4v) is 2.56. The molecule has 29 heavy (non-hydrogen) atoms. The molecule has 0 spiro atoms. The van der Waals surface area contributed by atoms with E-state index in [1.807, 2.05) is 12.1 Å². The van der Waals surface area contributed by atoms with E-state index in [1.54, 1.807) is 48.6 Å². The van der Waals surface area contributed by atoms with Crippen LogP contribution >= 0.6 is 0 Å². The van der Waals surface area contributed by atoms with E-state index in [2.05, 4.69) is 18.5 Å². The van der Waals surface area contributed by atoms with Crippen LogP contribution in [0, 0.1) is 0 Å². The number of esters is 1. The van der Waals surface area contributed by atoms with Crippen molar-refractivity contribution in [2.24, 2.45) is 0 Å². The Morgan fingerprint density at radius 2 is 1.66 bits per heavy atom. The van der Waals surface area contributed by atoms with Crippen LogP contribution in [0.4, 0.5) is 0 Å². The first-order chi connectivity index (χ1) is 14.0. The van der Waals surface area contributed by atoms with Crippen LogP contribution in [0.1, 0.15) is 12.5 Å². The van der Waals surface area contributed by atoms with Gasteiger partial charge in [0.2, 0.25) is 5.91 Å². The van der Waals surface area contributed by atoms with Gasteiger partial charge in [0.25, 0.3) is 0 Å². The second-order valence-corrected chi connectivity index (χ2v) is 6.17. The normalized spacial score (nSPS) is 11.1. The molecule has 0 bridgehead atoms. The lowest BCUT2D eigenvalue weighted by molar-refractivity contribution is -0.139. The Balaban J connectivity index is 2.20. The highest BCUT2D eigenvalue weighted by Crippen LogP contribution is 2.29. The Morgan fingerprint density at radius 3 is 2.28 bits per heavy atom. The zero-order chi connectivity index (χ0) is 21.1. The Hall–Kier alpha value is -3.54. The van der Waals surface area contributed by atoms with E-state index in [-0.39, 0.29) is 12.3 Å². The third-order valence-electron chi connectivity index (χ3n) is 3.78. The van der Waals surface area contributed by atoms with Gasteiger partial charge < -0.3 is 19.5 Å². The maximum absolute atomic E-state index is 12.6. The van der Waals surface area contributed by atoms with Crippen molar-refractivity contribution in [2.45, 2.75) is 19.4 Å². The van der Waals surface area contributed by atoms with Crippen LogP contribution in [0.3, 0.4) is 0 Å². The summed E-state index contributed by atoms with van der Waals surface area (Å²) in [4.78, 5) is 24.2. The fraction of sp³-hybridized carbons (Fsp3) is 0.217. The van der Waals surface area contributed by atoms with Crippen LogP contribution in [0.2, 0.25) is 0 Å². The molecule has 152 valence electrons. The summed E-state index contributed by atoms with van der Waals surface area (Å²) < 4.78 is 16.6. The van der Waals surface area contributed by atoms with E-state index in [1.165, 1.54) is 6.92 Å². The number of rotatable bonds is 11. The van der Waals surface area contributed by atoms with E-state index in [0.717, 1.165) is 5.56 Å². The molecule has 0 saturated carbocycles. The molecule has 0 aromatic heterocycles. The highest BCUT2D eigenvalue weighted by molar-refractivity contribution is 5.84. The zero-order valence-electron chi connectivity index (χ0n) is 16.4. The first kappa shape index (κ1) is 21.8. The Kier molecular flexibility index (Phi) is 8.51. The smallest absolute Gasteiger partial charge is 0.334 e. The van der Waals surface area contributed by atoms with Crippen LogP contribution in [-0.4, -0.2) is 31.1 Å². The lowest BCUT2D eigenvalue weighted by atomic mass is 10.0. The van der Waals surface area contributed by atoms with Gasteiger partial charge in [-0.15, -0.1) is 0 Å². The third-order valence-corrected chi connectivity index (χ3v) is 3.78. The average Bonchev–Trinajstić information content (AvgIpc) is 2.71. The summed E-state index contributed by atoms with van der Waals surface area (Å²) in [5, 5.41) is 2.64. The van der Waals surface area contributed by atoms with Crippen LogP contribution < -0.4 is 19.5 Å². The summed E-state index contributed by atoms with van der Waals surface area (Å²) in [7, 11) is 0. The highest BCUT2D eigenvalue weighted by atomic mass is 16.5. The minimum absolute atomic E-state index is 0.234. The summed E-state index contributed by atoms with van der Waals surface area (Å²) in [6.07, 6.45) is 3.50. The Labute approximate surface area is 170 Å². The topological polar surface area (TPSA) is 73.9 Å². The largest absolute Gasteiger partial charge is 0.486 e. The van der Waals surface area contributed by atoms with Crippen LogP contribution in [-0.2, 0) is 16.0 Å². The van der Waals surface area contributed by atoms with Gasteiger partial charge in [-0.25, -0.2) is 4.79 Å².